The first-order valence-corrected chi connectivity index (χ1v) is 7.12. The zero-order valence-electron chi connectivity index (χ0n) is 11.4. The van der Waals surface area contributed by atoms with Gasteiger partial charge in [-0.3, -0.25) is 10.1 Å². The van der Waals surface area contributed by atoms with Crippen LogP contribution in [0.4, 0.5) is 0 Å². The summed E-state index contributed by atoms with van der Waals surface area (Å²) in [6.07, 6.45) is 4.55. The Labute approximate surface area is 114 Å². The molecule has 0 aliphatic heterocycles. The van der Waals surface area contributed by atoms with E-state index in [4.69, 9.17) is 4.74 Å². The van der Waals surface area contributed by atoms with Crippen molar-refractivity contribution in [3.63, 3.8) is 0 Å². The van der Waals surface area contributed by atoms with Crippen LogP contribution in [0.3, 0.4) is 0 Å². The van der Waals surface area contributed by atoms with Gasteiger partial charge in [-0.1, -0.05) is 36.8 Å². The van der Waals surface area contributed by atoms with E-state index in [9.17, 15) is 4.79 Å². The third kappa shape index (κ3) is 2.16. The average molecular weight is 259 g/mol. The molecule has 2 fully saturated rings. The van der Waals surface area contributed by atoms with Crippen molar-refractivity contribution < 1.29 is 9.53 Å². The number of esters is 1. The first-order valence-electron chi connectivity index (χ1n) is 7.12. The van der Waals surface area contributed by atoms with Gasteiger partial charge in [0.1, 0.15) is 5.54 Å². The number of benzene rings is 1. The fourth-order valence-electron chi connectivity index (χ4n) is 3.91. The van der Waals surface area contributed by atoms with Crippen molar-refractivity contribution in [3.05, 3.63) is 35.9 Å². The predicted molar refractivity (Wildman–Crippen MR) is 73.5 cm³/mol. The third-order valence-electron chi connectivity index (χ3n) is 4.85. The van der Waals surface area contributed by atoms with E-state index in [-0.39, 0.29) is 5.97 Å². The maximum Gasteiger partial charge on any atom is 0.326 e. The molecule has 0 heterocycles. The zero-order chi connectivity index (χ0) is 13.3. The summed E-state index contributed by atoms with van der Waals surface area (Å²) < 4.78 is 5.08. The van der Waals surface area contributed by atoms with Gasteiger partial charge < -0.3 is 4.74 Å². The number of nitrogens with one attached hydrogen (secondary N) is 1. The van der Waals surface area contributed by atoms with Crippen LogP contribution in [-0.2, 0) is 16.1 Å². The maximum atomic E-state index is 12.3. The number of rotatable bonds is 4. The monoisotopic (exact) mass is 259 g/mol. The summed E-state index contributed by atoms with van der Waals surface area (Å²) in [6, 6.07) is 10.2. The van der Waals surface area contributed by atoms with Gasteiger partial charge in [0, 0.05) is 6.54 Å². The van der Waals surface area contributed by atoms with Gasteiger partial charge in [-0.05, 0) is 36.7 Å². The fourth-order valence-corrected chi connectivity index (χ4v) is 3.91. The van der Waals surface area contributed by atoms with E-state index in [0.29, 0.717) is 11.8 Å². The van der Waals surface area contributed by atoms with Crippen LogP contribution in [0.5, 0.6) is 0 Å². The molecule has 1 aromatic rings. The van der Waals surface area contributed by atoms with E-state index in [2.05, 4.69) is 17.4 Å². The molecule has 102 valence electrons. The number of hydrogen-bond donors (Lipinski definition) is 1. The lowest BCUT2D eigenvalue weighted by Gasteiger charge is -2.36. The molecule has 0 amide bonds. The average Bonchev–Trinajstić information content (AvgIpc) is 3.06. The van der Waals surface area contributed by atoms with Crippen LogP contribution in [0.2, 0.25) is 0 Å². The highest BCUT2D eigenvalue weighted by atomic mass is 16.5. The van der Waals surface area contributed by atoms with Crippen LogP contribution >= 0.6 is 0 Å². The first-order chi connectivity index (χ1) is 9.24. The molecule has 0 saturated heterocycles. The van der Waals surface area contributed by atoms with Crippen LogP contribution in [0.25, 0.3) is 0 Å². The van der Waals surface area contributed by atoms with Crippen LogP contribution < -0.4 is 5.32 Å². The minimum atomic E-state index is -0.437. The van der Waals surface area contributed by atoms with Crippen molar-refractivity contribution >= 4 is 5.97 Å². The molecule has 2 aliphatic carbocycles. The summed E-state index contributed by atoms with van der Waals surface area (Å²) in [6.45, 7) is 0.735. The van der Waals surface area contributed by atoms with Gasteiger partial charge in [0.2, 0.25) is 0 Å². The Morgan fingerprint density at radius 2 is 2.16 bits per heavy atom. The normalized spacial score (nSPS) is 32.5. The SMILES string of the molecule is COC(=O)C1(NCc2ccccc2)CC2CCC1C2. The van der Waals surface area contributed by atoms with Crippen molar-refractivity contribution in [2.24, 2.45) is 11.8 Å². The predicted octanol–water partition coefficient (Wildman–Crippen LogP) is 2.51. The van der Waals surface area contributed by atoms with Gasteiger partial charge in [-0.2, -0.15) is 0 Å². The summed E-state index contributed by atoms with van der Waals surface area (Å²) in [5.74, 6) is 1.08. The third-order valence-corrected chi connectivity index (χ3v) is 4.85. The Kier molecular flexibility index (Phi) is 3.31. The minimum absolute atomic E-state index is 0.0735. The largest absolute Gasteiger partial charge is 0.468 e. The molecule has 3 nitrogen and oxygen atoms in total. The van der Waals surface area contributed by atoms with Gasteiger partial charge in [-0.15, -0.1) is 0 Å². The summed E-state index contributed by atoms with van der Waals surface area (Å²) in [4.78, 5) is 12.3. The molecule has 0 spiro atoms. The summed E-state index contributed by atoms with van der Waals surface area (Å²) >= 11 is 0. The molecule has 2 bridgehead atoms. The molecule has 3 rings (SSSR count). The minimum Gasteiger partial charge on any atom is -0.468 e. The number of fused-ring (bicyclic) bond motifs is 2. The Morgan fingerprint density at radius 3 is 2.74 bits per heavy atom. The Hall–Kier alpha value is -1.35. The molecule has 1 N–H and O–H groups in total. The molecule has 2 saturated carbocycles. The molecular weight excluding hydrogens is 238 g/mol. The number of ether oxygens (including phenoxy) is 1. The number of hydrogen-bond acceptors (Lipinski definition) is 3. The van der Waals surface area contributed by atoms with Crippen molar-refractivity contribution in [1.82, 2.24) is 5.32 Å². The maximum absolute atomic E-state index is 12.3. The van der Waals surface area contributed by atoms with Crippen molar-refractivity contribution in [2.45, 2.75) is 37.8 Å². The van der Waals surface area contributed by atoms with E-state index in [1.165, 1.54) is 25.5 Å². The lowest BCUT2D eigenvalue weighted by molar-refractivity contribution is -0.151. The van der Waals surface area contributed by atoms with E-state index in [1.807, 2.05) is 18.2 Å². The molecular formula is C16H21NO2. The molecule has 0 radical (unpaired) electrons. The number of methoxy groups -OCH3 is 1. The van der Waals surface area contributed by atoms with E-state index in [1.54, 1.807) is 0 Å². The van der Waals surface area contributed by atoms with Gasteiger partial charge in [0.15, 0.2) is 0 Å². The van der Waals surface area contributed by atoms with Gasteiger partial charge in [0.25, 0.3) is 0 Å². The highest BCUT2D eigenvalue weighted by Crippen LogP contribution is 2.51. The van der Waals surface area contributed by atoms with Gasteiger partial charge in [-0.25, -0.2) is 0 Å². The van der Waals surface area contributed by atoms with E-state index < -0.39 is 5.54 Å². The van der Waals surface area contributed by atoms with Crippen molar-refractivity contribution in [2.75, 3.05) is 7.11 Å². The standard InChI is InChI=1S/C16H21NO2/c1-19-15(18)16(10-13-7-8-14(16)9-13)17-11-12-5-3-2-4-6-12/h2-6,13-14,17H,7-11H2,1H3. The molecule has 0 aromatic heterocycles. The molecule has 3 unspecified atom stereocenters. The summed E-state index contributed by atoms with van der Waals surface area (Å²) in [7, 11) is 1.50. The molecule has 3 heteroatoms. The fraction of sp³-hybridized carbons (Fsp3) is 0.562. The zero-order valence-corrected chi connectivity index (χ0v) is 11.4. The van der Waals surface area contributed by atoms with Crippen LogP contribution in [0, 0.1) is 11.8 Å². The van der Waals surface area contributed by atoms with Crippen LogP contribution in [0.1, 0.15) is 31.2 Å². The lowest BCUT2D eigenvalue weighted by atomic mass is 9.80. The Morgan fingerprint density at radius 1 is 1.37 bits per heavy atom. The second-order valence-electron chi connectivity index (χ2n) is 5.88. The molecule has 2 aliphatic rings. The van der Waals surface area contributed by atoms with Crippen LogP contribution in [-0.4, -0.2) is 18.6 Å². The van der Waals surface area contributed by atoms with Crippen molar-refractivity contribution in [3.8, 4) is 0 Å². The Balaban J connectivity index is 1.76. The molecule has 1 aromatic carbocycles. The number of carbonyl (C=O) groups excluding carboxylic acids is 1. The lowest BCUT2D eigenvalue weighted by Crippen LogP contribution is -2.56. The van der Waals surface area contributed by atoms with E-state index in [0.717, 1.165) is 19.4 Å². The topological polar surface area (TPSA) is 38.3 Å². The quantitative estimate of drug-likeness (QED) is 0.844. The van der Waals surface area contributed by atoms with Crippen LogP contribution in [0.15, 0.2) is 30.3 Å². The summed E-state index contributed by atoms with van der Waals surface area (Å²) in [5.41, 5.74) is 0.779. The van der Waals surface area contributed by atoms with Gasteiger partial charge in [0.05, 0.1) is 7.11 Å². The smallest absolute Gasteiger partial charge is 0.326 e. The first kappa shape index (κ1) is 12.7. The van der Waals surface area contributed by atoms with E-state index >= 15 is 0 Å². The second-order valence-corrected chi connectivity index (χ2v) is 5.88. The van der Waals surface area contributed by atoms with Crippen molar-refractivity contribution in [1.29, 1.82) is 0 Å². The molecule has 19 heavy (non-hydrogen) atoms. The highest BCUT2D eigenvalue weighted by molar-refractivity contribution is 5.82. The number of carbonyl (C=O) groups is 1. The Bertz CT molecular complexity index is 459. The second kappa shape index (κ2) is 4.97. The van der Waals surface area contributed by atoms with Gasteiger partial charge >= 0.3 is 5.97 Å². The molecule has 3 atom stereocenters. The summed E-state index contributed by atoms with van der Waals surface area (Å²) in [5, 5.41) is 3.52. The highest BCUT2D eigenvalue weighted by Gasteiger charge is 2.56.